The zero-order valence-electron chi connectivity index (χ0n) is 21.1. The number of aryl methyl sites for hydroxylation is 1. The molecule has 1 aromatic heterocycles. The quantitative estimate of drug-likeness (QED) is 0.502. The van der Waals surface area contributed by atoms with Gasteiger partial charge in [0, 0.05) is 87.6 Å². The Kier molecular flexibility index (Phi) is 7.58. The normalized spacial score (nSPS) is 21.1. The summed E-state index contributed by atoms with van der Waals surface area (Å²) < 4.78 is 1.91. The second-order valence-electron chi connectivity index (χ2n) is 9.92. The topological polar surface area (TPSA) is 87.5 Å². The van der Waals surface area contributed by atoms with Gasteiger partial charge < -0.3 is 14.8 Å². The van der Waals surface area contributed by atoms with Gasteiger partial charge in [0.1, 0.15) is 5.82 Å². The summed E-state index contributed by atoms with van der Waals surface area (Å²) >= 11 is 0. The highest BCUT2D eigenvalue weighted by molar-refractivity contribution is 6.02. The zero-order chi connectivity index (χ0) is 25.8. The molecule has 8 heteroatoms. The molecule has 8 nitrogen and oxygen atoms in total. The van der Waals surface area contributed by atoms with Gasteiger partial charge in [-0.1, -0.05) is 60.7 Å². The Morgan fingerprint density at radius 3 is 1.89 bits per heavy atom. The number of ketones is 2. The maximum absolute atomic E-state index is 14.0. The van der Waals surface area contributed by atoms with Crippen LogP contribution < -0.4 is 5.32 Å². The van der Waals surface area contributed by atoms with Crippen LogP contribution >= 0.6 is 0 Å². The molecule has 3 heterocycles. The maximum Gasteiger partial charge on any atom is 0.236 e. The Bertz CT molecular complexity index is 1180. The number of imidazole rings is 1. The van der Waals surface area contributed by atoms with Crippen LogP contribution in [0.5, 0.6) is 0 Å². The lowest BCUT2D eigenvalue weighted by atomic mass is 9.71. The Hall–Kier alpha value is -3.62. The van der Waals surface area contributed by atoms with Gasteiger partial charge in [-0.25, -0.2) is 4.98 Å². The van der Waals surface area contributed by atoms with Crippen molar-refractivity contribution in [3.8, 4) is 0 Å². The lowest BCUT2D eigenvalue weighted by molar-refractivity contribution is -0.133. The summed E-state index contributed by atoms with van der Waals surface area (Å²) in [6.45, 7) is 3.85. The van der Waals surface area contributed by atoms with Crippen molar-refractivity contribution >= 4 is 17.5 Å². The van der Waals surface area contributed by atoms with Gasteiger partial charge in [0.2, 0.25) is 5.91 Å². The summed E-state index contributed by atoms with van der Waals surface area (Å²) in [5.74, 6) is -0.759. The van der Waals surface area contributed by atoms with E-state index in [0.717, 1.165) is 18.9 Å². The molecule has 0 aliphatic carbocycles. The number of nitrogens with one attached hydrogen (secondary N) is 1. The van der Waals surface area contributed by atoms with E-state index in [1.807, 2.05) is 88.3 Å². The van der Waals surface area contributed by atoms with Crippen molar-refractivity contribution in [3.63, 3.8) is 0 Å². The summed E-state index contributed by atoms with van der Waals surface area (Å²) in [6.07, 6.45) is 3.56. The number of nitrogens with zero attached hydrogens (tertiary/aromatic N) is 4. The molecular formula is C29H33N5O3. The monoisotopic (exact) mass is 499 g/mol. The van der Waals surface area contributed by atoms with Crippen LogP contribution in [0.3, 0.4) is 0 Å². The molecule has 0 saturated carbocycles. The molecule has 0 unspecified atom stereocenters. The van der Waals surface area contributed by atoms with Crippen molar-refractivity contribution < 1.29 is 14.4 Å². The predicted molar refractivity (Wildman–Crippen MR) is 140 cm³/mol. The van der Waals surface area contributed by atoms with Crippen LogP contribution in [-0.2, 0) is 11.8 Å². The van der Waals surface area contributed by atoms with Crippen LogP contribution in [-0.4, -0.2) is 82.6 Å². The maximum atomic E-state index is 14.0. The molecule has 0 radical (unpaired) electrons. The van der Waals surface area contributed by atoms with Crippen molar-refractivity contribution in [2.24, 2.45) is 18.9 Å². The van der Waals surface area contributed by atoms with Gasteiger partial charge in [0.25, 0.3) is 0 Å². The van der Waals surface area contributed by atoms with Gasteiger partial charge in [-0.15, -0.1) is 0 Å². The smallest absolute Gasteiger partial charge is 0.236 e. The summed E-state index contributed by atoms with van der Waals surface area (Å²) in [5, 5.41) is 3.27. The minimum atomic E-state index is -0.522. The van der Waals surface area contributed by atoms with Crippen molar-refractivity contribution in [1.82, 2.24) is 24.7 Å². The standard InChI is InChI=1S/C29H33N5O3/c1-32-15-14-31-29(32)26-23(27(36)21-8-4-2-5-9-21)18-33(20-25(35)34-16-12-30-13-17-34)19-24(26)28(37)22-10-6-3-7-11-22/h2-11,14-15,23-24,26,30H,12-13,16-20H2,1H3/t23-,24-/m0/s1. The molecule has 2 atom stereocenters. The zero-order valence-corrected chi connectivity index (χ0v) is 21.1. The van der Waals surface area contributed by atoms with E-state index in [4.69, 9.17) is 0 Å². The van der Waals surface area contributed by atoms with Crippen LogP contribution in [0.25, 0.3) is 0 Å². The van der Waals surface area contributed by atoms with Gasteiger partial charge in [-0.05, 0) is 0 Å². The molecule has 1 amide bonds. The largest absolute Gasteiger partial charge is 0.339 e. The first-order valence-electron chi connectivity index (χ1n) is 12.9. The van der Waals surface area contributed by atoms with E-state index in [-0.39, 0.29) is 24.0 Å². The van der Waals surface area contributed by atoms with Crippen molar-refractivity contribution in [2.75, 3.05) is 45.8 Å². The Morgan fingerprint density at radius 1 is 0.865 bits per heavy atom. The number of carbonyl (C=O) groups excluding carboxylic acids is 3. The van der Waals surface area contributed by atoms with Crippen LogP contribution in [0, 0.1) is 11.8 Å². The molecule has 3 aromatic rings. The number of benzene rings is 2. The number of piperidine rings is 1. The number of Topliss-reactive ketones (excluding diaryl/α,β-unsaturated/α-hetero) is 2. The van der Waals surface area contributed by atoms with Gasteiger partial charge >= 0.3 is 0 Å². The summed E-state index contributed by atoms with van der Waals surface area (Å²) in [5.41, 5.74) is 1.21. The molecule has 2 fully saturated rings. The number of amides is 1. The van der Waals surface area contributed by atoms with Crippen molar-refractivity contribution in [2.45, 2.75) is 5.92 Å². The fraction of sp³-hybridized carbons (Fsp3) is 0.379. The van der Waals surface area contributed by atoms with Crippen molar-refractivity contribution in [1.29, 1.82) is 0 Å². The number of hydrogen-bond donors (Lipinski definition) is 1. The van der Waals surface area contributed by atoms with Crippen LogP contribution in [0.15, 0.2) is 73.1 Å². The van der Waals surface area contributed by atoms with Crippen LogP contribution in [0.4, 0.5) is 0 Å². The van der Waals surface area contributed by atoms with E-state index < -0.39 is 17.8 Å². The first-order chi connectivity index (χ1) is 18.0. The minimum absolute atomic E-state index is 0.0289. The molecule has 2 aliphatic heterocycles. The number of hydrogen-bond acceptors (Lipinski definition) is 6. The molecule has 37 heavy (non-hydrogen) atoms. The first-order valence-corrected chi connectivity index (χ1v) is 12.9. The Morgan fingerprint density at radius 2 is 1.41 bits per heavy atom. The molecule has 0 spiro atoms. The summed E-state index contributed by atoms with van der Waals surface area (Å²) in [6, 6.07) is 18.4. The lowest BCUT2D eigenvalue weighted by Crippen LogP contribution is -2.55. The summed E-state index contributed by atoms with van der Waals surface area (Å²) in [4.78, 5) is 49.6. The third-order valence-electron chi connectivity index (χ3n) is 7.55. The third-order valence-corrected chi connectivity index (χ3v) is 7.55. The van der Waals surface area contributed by atoms with Gasteiger partial charge in [-0.3, -0.25) is 19.3 Å². The molecule has 5 rings (SSSR count). The van der Waals surface area contributed by atoms with Crippen LogP contribution in [0.2, 0.25) is 0 Å². The molecule has 0 bridgehead atoms. The van der Waals surface area contributed by atoms with E-state index in [1.54, 1.807) is 6.20 Å². The molecule has 2 aromatic carbocycles. The van der Waals surface area contributed by atoms with Crippen LogP contribution in [0.1, 0.15) is 32.5 Å². The summed E-state index contributed by atoms with van der Waals surface area (Å²) in [7, 11) is 1.90. The highest BCUT2D eigenvalue weighted by Gasteiger charge is 2.47. The Labute approximate surface area is 217 Å². The molecule has 192 valence electrons. The van der Waals surface area contributed by atoms with Gasteiger partial charge in [0.15, 0.2) is 11.6 Å². The molecular weight excluding hydrogens is 466 g/mol. The highest BCUT2D eigenvalue weighted by atomic mass is 16.2. The predicted octanol–water partition coefficient (Wildman–Crippen LogP) is 2.25. The Balaban J connectivity index is 1.52. The number of aromatic nitrogens is 2. The van der Waals surface area contributed by atoms with Crippen molar-refractivity contribution in [3.05, 3.63) is 90.0 Å². The fourth-order valence-corrected chi connectivity index (χ4v) is 5.66. The van der Waals surface area contributed by atoms with E-state index in [0.29, 0.717) is 37.3 Å². The number of carbonyl (C=O) groups is 3. The van der Waals surface area contributed by atoms with Gasteiger partial charge in [-0.2, -0.15) is 0 Å². The number of likely N-dealkylation sites (tertiary alicyclic amines) is 1. The second-order valence-corrected chi connectivity index (χ2v) is 9.92. The SMILES string of the molecule is Cn1ccnc1C1[C@@H](C(=O)c2ccccc2)CN(CC(=O)N2CCNCC2)C[C@@H]1C(=O)c1ccccc1. The van der Waals surface area contributed by atoms with E-state index >= 15 is 0 Å². The average Bonchev–Trinajstić information content (AvgIpc) is 3.38. The lowest BCUT2D eigenvalue weighted by Gasteiger charge is -2.42. The average molecular weight is 500 g/mol. The second kappa shape index (κ2) is 11.2. The van der Waals surface area contributed by atoms with E-state index in [9.17, 15) is 14.4 Å². The fourth-order valence-electron chi connectivity index (χ4n) is 5.66. The third kappa shape index (κ3) is 5.40. The molecule has 2 aliphatic rings. The van der Waals surface area contributed by atoms with E-state index in [1.165, 1.54) is 0 Å². The first kappa shape index (κ1) is 25.0. The number of piperazine rings is 1. The minimum Gasteiger partial charge on any atom is -0.339 e. The molecule has 1 N–H and O–H groups in total. The molecule has 2 saturated heterocycles. The highest BCUT2D eigenvalue weighted by Crippen LogP contribution is 2.40. The van der Waals surface area contributed by atoms with Gasteiger partial charge in [0.05, 0.1) is 6.54 Å². The number of rotatable bonds is 7. The van der Waals surface area contributed by atoms with E-state index in [2.05, 4.69) is 10.3 Å².